The SMILES string of the molecule is CC(C)CC1C(=O)N2CCCC2[C@]2(O)O[C@](NC(=O)C3C=C4c5cccc6[nH]c(Br)c(c56)CC4N(C)C3)(C(C)C)C(=O)N12.CS(=O)(=O)O. The Morgan fingerprint density at radius 1 is 1.23 bits per heavy atom. The molecule has 3 amide bonds. The molecule has 4 N–H and O–H groups in total. The highest BCUT2D eigenvalue weighted by atomic mass is 79.9. The average Bonchev–Trinajstić information content (AvgIpc) is 3.66. The van der Waals surface area contributed by atoms with Gasteiger partial charge >= 0.3 is 0 Å². The fraction of sp³-hybridized carbons (Fsp3) is 0.606. The van der Waals surface area contributed by atoms with E-state index in [1.54, 1.807) is 18.7 Å². The molecule has 15 heteroatoms. The zero-order valence-electron chi connectivity index (χ0n) is 28.0. The van der Waals surface area contributed by atoms with E-state index in [4.69, 9.17) is 9.29 Å². The van der Waals surface area contributed by atoms with Crippen LogP contribution in [0.15, 0.2) is 28.9 Å². The summed E-state index contributed by atoms with van der Waals surface area (Å²) in [4.78, 5) is 50.8. The minimum Gasteiger partial charge on any atom is -0.349 e. The maximum absolute atomic E-state index is 14.4. The van der Waals surface area contributed by atoms with Crippen molar-refractivity contribution in [3.63, 3.8) is 0 Å². The third kappa shape index (κ3) is 5.69. The lowest BCUT2D eigenvalue weighted by Crippen LogP contribution is -2.71. The Morgan fingerprint density at radius 2 is 1.92 bits per heavy atom. The monoisotopic (exact) mass is 749 g/mol. The number of ether oxygens (including phenoxy) is 1. The van der Waals surface area contributed by atoms with Crippen LogP contribution in [-0.2, 0) is 35.7 Å². The minimum atomic E-state index is -3.67. The zero-order chi connectivity index (χ0) is 35.1. The van der Waals surface area contributed by atoms with Gasteiger partial charge in [0, 0.05) is 36.0 Å². The van der Waals surface area contributed by atoms with Crippen LogP contribution in [0.3, 0.4) is 0 Å². The largest absolute Gasteiger partial charge is 0.349 e. The molecule has 1 aromatic carbocycles. The van der Waals surface area contributed by atoms with Gasteiger partial charge in [-0.2, -0.15) is 8.42 Å². The standard InChI is InChI=1S/C32H40BrN5O5.CH4O3S/c1-16(2)12-24-29(40)37-11-7-10-25(37)32(42)38(24)30(41)31(43-32,17(3)4)35-28(39)18-13-20-19-8-6-9-22-26(19)21(27(33)34-22)14-23(20)36(5)15-18;1-5(2,3)4/h6,8-9,13,16-18,23-25,34,42H,7,10-12,14-15H2,1-5H3,(H,35,39);1H3,(H,2,3,4)/t18?,23?,24?,25?,31-,32+;/m1./s1. The number of carbonyl (C=O) groups is 3. The van der Waals surface area contributed by atoms with Gasteiger partial charge in [0.05, 0.1) is 16.8 Å². The molecule has 1 aromatic heterocycles. The van der Waals surface area contributed by atoms with Crippen LogP contribution in [0, 0.1) is 17.8 Å². The highest BCUT2D eigenvalue weighted by molar-refractivity contribution is 9.10. The van der Waals surface area contributed by atoms with E-state index in [0.29, 0.717) is 32.2 Å². The second kappa shape index (κ2) is 12.2. The molecule has 7 rings (SSSR count). The number of halogens is 1. The lowest BCUT2D eigenvalue weighted by molar-refractivity contribution is -0.322. The molecular formula is C33H44BrN5O8S. The molecule has 3 saturated heterocycles. The van der Waals surface area contributed by atoms with Crippen molar-refractivity contribution in [3.05, 3.63) is 40.0 Å². The molecule has 0 spiro atoms. The smallest absolute Gasteiger partial charge is 0.281 e. The van der Waals surface area contributed by atoms with Gasteiger partial charge in [-0.15, -0.1) is 0 Å². The number of piperazine rings is 1. The van der Waals surface area contributed by atoms with E-state index in [-0.39, 0.29) is 23.8 Å². The van der Waals surface area contributed by atoms with Crippen molar-refractivity contribution < 1.29 is 37.2 Å². The molecule has 5 heterocycles. The molecule has 0 bridgehead atoms. The van der Waals surface area contributed by atoms with Gasteiger partial charge in [0.2, 0.25) is 17.5 Å². The number of carbonyl (C=O) groups excluding carboxylic acids is 3. The van der Waals surface area contributed by atoms with E-state index < -0.39 is 51.6 Å². The first-order valence-electron chi connectivity index (χ1n) is 16.4. The number of likely N-dealkylation sites (N-methyl/N-ethyl adjacent to an activating group) is 1. The second-order valence-corrected chi connectivity index (χ2v) is 16.7. The van der Waals surface area contributed by atoms with E-state index in [0.717, 1.165) is 34.1 Å². The highest BCUT2D eigenvalue weighted by Gasteiger charge is 2.72. The van der Waals surface area contributed by atoms with E-state index in [2.05, 4.69) is 43.3 Å². The lowest BCUT2D eigenvalue weighted by atomic mass is 9.79. The molecular weight excluding hydrogens is 706 g/mol. The maximum Gasteiger partial charge on any atom is 0.281 e. The Kier molecular flexibility index (Phi) is 8.90. The summed E-state index contributed by atoms with van der Waals surface area (Å²) in [5.41, 5.74) is 2.68. The zero-order valence-corrected chi connectivity index (χ0v) is 30.4. The van der Waals surface area contributed by atoms with E-state index >= 15 is 0 Å². The quantitative estimate of drug-likeness (QED) is 0.336. The van der Waals surface area contributed by atoms with Gasteiger partial charge in [-0.3, -0.25) is 33.5 Å². The average molecular weight is 751 g/mol. The molecule has 6 atom stereocenters. The van der Waals surface area contributed by atoms with Crippen LogP contribution in [0.1, 0.15) is 58.1 Å². The number of aromatic nitrogens is 1. The number of hydrogen-bond donors (Lipinski definition) is 4. The van der Waals surface area contributed by atoms with Crippen LogP contribution in [0.5, 0.6) is 0 Å². The van der Waals surface area contributed by atoms with Crippen LogP contribution in [0.25, 0.3) is 16.5 Å². The number of aromatic amines is 1. The van der Waals surface area contributed by atoms with Crippen molar-refractivity contribution in [2.75, 3.05) is 26.4 Å². The number of nitrogens with zero attached hydrogens (tertiary/aromatic N) is 3. The summed E-state index contributed by atoms with van der Waals surface area (Å²) in [7, 11) is -1.64. The van der Waals surface area contributed by atoms with Crippen LogP contribution >= 0.6 is 15.9 Å². The summed E-state index contributed by atoms with van der Waals surface area (Å²) in [5, 5.41) is 16.3. The van der Waals surface area contributed by atoms with E-state index in [1.165, 1.54) is 15.8 Å². The third-order valence-electron chi connectivity index (χ3n) is 10.3. The Hall–Kier alpha value is -2.82. The second-order valence-electron chi connectivity index (χ2n) is 14.4. The van der Waals surface area contributed by atoms with Crippen molar-refractivity contribution in [1.29, 1.82) is 0 Å². The van der Waals surface area contributed by atoms with Crippen molar-refractivity contribution in [2.24, 2.45) is 17.8 Å². The molecule has 4 aliphatic heterocycles. The summed E-state index contributed by atoms with van der Waals surface area (Å²) in [6.07, 6.45) is 5.20. The normalized spacial score (nSPS) is 31.4. The Labute approximate surface area is 288 Å². The predicted molar refractivity (Wildman–Crippen MR) is 182 cm³/mol. The predicted octanol–water partition coefficient (Wildman–Crippen LogP) is 2.70. The van der Waals surface area contributed by atoms with Gasteiger partial charge in [0.25, 0.3) is 21.9 Å². The fourth-order valence-corrected chi connectivity index (χ4v) is 8.72. The van der Waals surface area contributed by atoms with Gasteiger partial charge in [0.1, 0.15) is 12.1 Å². The minimum absolute atomic E-state index is 0.104. The molecule has 5 aliphatic rings. The first kappa shape index (κ1) is 35.0. The van der Waals surface area contributed by atoms with Crippen LogP contribution in [0.2, 0.25) is 0 Å². The lowest BCUT2D eigenvalue weighted by Gasteiger charge is -2.49. The summed E-state index contributed by atoms with van der Waals surface area (Å²) in [6, 6.07) is 4.76. The molecule has 48 heavy (non-hydrogen) atoms. The number of rotatable bonds is 5. The molecule has 4 unspecified atom stereocenters. The van der Waals surface area contributed by atoms with Crippen LogP contribution in [-0.4, -0.2) is 112 Å². The number of aliphatic hydroxyl groups is 1. The van der Waals surface area contributed by atoms with Crippen LogP contribution < -0.4 is 5.32 Å². The summed E-state index contributed by atoms with van der Waals surface area (Å²) < 4.78 is 33.3. The third-order valence-corrected chi connectivity index (χ3v) is 10.9. The number of benzene rings is 1. The van der Waals surface area contributed by atoms with Gasteiger partial charge in [0.15, 0.2) is 0 Å². The van der Waals surface area contributed by atoms with Crippen molar-refractivity contribution >= 4 is 60.2 Å². The Balaban J connectivity index is 0.000000749. The van der Waals surface area contributed by atoms with E-state index in [1.807, 2.05) is 33.0 Å². The molecule has 3 fully saturated rings. The first-order valence-corrected chi connectivity index (χ1v) is 19.0. The van der Waals surface area contributed by atoms with Gasteiger partial charge in [-0.1, -0.05) is 45.9 Å². The molecule has 262 valence electrons. The molecule has 1 aliphatic carbocycles. The Bertz CT molecular complexity index is 1800. The van der Waals surface area contributed by atoms with Crippen LogP contribution in [0.4, 0.5) is 0 Å². The molecule has 0 saturated carbocycles. The van der Waals surface area contributed by atoms with Gasteiger partial charge in [-0.25, -0.2) is 0 Å². The Morgan fingerprint density at radius 3 is 2.56 bits per heavy atom. The van der Waals surface area contributed by atoms with E-state index in [9.17, 15) is 27.9 Å². The van der Waals surface area contributed by atoms with Crippen molar-refractivity contribution in [1.82, 2.24) is 25.0 Å². The number of fused-ring (bicyclic) bond motifs is 5. The number of amides is 3. The molecule has 0 radical (unpaired) electrons. The topological polar surface area (TPSA) is 173 Å². The molecule has 2 aromatic rings. The van der Waals surface area contributed by atoms with Crippen molar-refractivity contribution in [3.8, 4) is 0 Å². The number of hydrogen-bond acceptors (Lipinski definition) is 8. The molecule has 13 nitrogen and oxygen atoms in total. The van der Waals surface area contributed by atoms with Gasteiger partial charge in [-0.05, 0) is 77.3 Å². The summed E-state index contributed by atoms with van der Waals surface area (Å²) in [6.45, 7) is 8.57. The highest BCUT2D eigenvalue weighted by Crippen LogP contribution is 2.49. The number of H-pyrrole nitrogens is 1. The van der Waals surface area contributed by atoms with Crippen molar-refractivity contribution in [2.45, 2.75) is 83.1 Å². The maximum atomic E-state index is 14.4. The summed E-state index contributed by atoms with van der Waals surface area (Å²) in [5.74, 6) is -4.01. The fourth-order valence-electron chi connectivity index (χ4n) is 8.15. The van der Waals surface area contributed by atoms with Gasteiger partial charge < -0.3 is 20.3 Å². The number of nitrogens with one attached hydrogen (secondary N) is 2. The first-order chi connectivity index (χ1) is 22.4. The summed E-state index contributed by atoms with van der Waals surface area (Å²) >= 11 is 3.70.